The van der Waals surface area contributed by atoms with Gasteiger partial charge in [0, 0.05) is 5.03 Å². The zero-order valence-electron chi connectivity index (χ0n) is 13.5. The van der Waals surface area contributed by atoms with Gasteiger partial charge >= 0.3 is 6.03 Å². The summed E-state index contributed by atoms with van der Waals surface area (Å²) < 4.78 is 0. The third-order valence-corrected chi connectivity index (χ3v) is 4.75. The quantitative estimate of drug-likeness (QED) is 0.490. The number of fused-ring (bicyclic) bond motifs is 1. The number of anilines is 1. The van der Waals surface area contributed by atoms with Crippen LogP contribution < -0.4 is 16.1 Å². The van der Waals surface area contributed by atoms with E-state index in [-0.39, 0.29) is 23.7 Å². The lowest BCUT2D eigenvalue weighted by molar-refractivity contribution is -0.122. The molecular formula is C17H17ClN4O3. The first-order valence-electron chi connectivity index (χ1n) is 7.81. The molecule has 2 atom stereocenters. The van der Waals surface area contributed by atoms with E-state index in [1.54, 1.807) is 31.2 Å². The molecule has 130 valence electrons. The van der Waals surface area contributed by atoms with Gasteiger partial charge in [0.2, 0.25) is 11.8 Å². The van der Waals surface area contributed by atoms with Gasteiger partial charge in [0.05, 0.1) is 23.2 Å². The first kappa shape index (κ1) is 17.2. The number of nitrogens with zero attached hydrogens (tertiary/aromatic N) is 2. The van der Waals surface area contributed by atoms with Crippen molar-refractivity contribution in [1.82, 2.24) is 5.43 Å². The minimum atomic E-state index is -0.751. The Balaban J connectivity index is 1.81. The van der Waals surface area contributed by atoms with Crippen LogP contribution in [-0.2, 0) is 9.59 Å². The largest absolute Gasteiger partial charge is 0.350 e. The van der Waals surface area contributed by atoms with Crippen molar-refractivity contribution in [2.24, 2.45) is 22.7 Å². The molecule has 3 rings (SSSR count). The van der Waals surface area contributed by atoms with E-state index in [4.69, 9.17) is 17.3 Å². The predicted molar refractivity (Wildman–Crippen MR) is 94.0 cm³/mol. The molecule has 1 aromatic rings. The molecule has 7 nitrogen and oxygen atoms in total. The summed E-state index contributed by atoms with van der Waals surface area (Å²) in [5.74, 6) is -1.12. The zero-order valence-corrected chi connectivity index (χ0v) is 14.3. The van der Waals surface area contributed by atoms with Crippen molar-refractivity contribution in [1.29, 1.82) is 0 Å². The number of primary amides is 1. The van der Waals surface area contributed by atoms with Crippen LogP contribution in [-0.4, -0.2) is 23.6 Å². The highest BCUT2D eigenvalue weighted by Gasteiger charge is 2.48. The van der Waals surface area contributed by atoms with E-state index in [9.17, 15) is 14.4 Å². The molecule has 1 aliphatic carbocycles. The Morgan fingerprint density at radius 2 is 1.88 bits per heavy atom. The smallest absolute Gasteiger partial charge is 0.332 e. The summed E-state index contributed by atoms with van der Waals surface area (Å²) in [7, 11) is 0. The summed E-state index contributed by atoms with van der Waals surface area (Å²) in [6.07, 6.45) is 2.72. The van der Waals surface area contributed by atoms with E-state index in [0.717, 1.165) is 5.56 Å². The average molecular weight is 361 g/mol. The van der Waals surface area contributed by atoms with Crippen molar-refractivity contribution >= 4 is 40.8 Å². The number of imide groups is 1. The fourth-order valence-corrected chi connectivity index (χ4v) is 3.39. The Hall–Kier alpha value is -2.67. The Labute approximate surface area is 149 Å². The van der Waals surface area contributed by atoms with Crippen LogP contribution in [0.2, 0.25) is 0 Å². The van der Waals surface area contributed by atoms with Crippen LogP contribution in [0.1, 0.15) is 25.3 Å². The lowest BCUT2D eigenvalue weighted by Gasteiger charge is -2.17. The van der Waals surface area contributed by atoms with E-state index in [2.05, 4.69) is 10.5 Å². The van der Waals surface area contributed by atoms with Gasteiger partial charge in [0.25, 0.3) is 0 Å². The molecule has 2 aliphatic rings. The minimum absolute atomic E-state index is 0.191. The second-order valence-corrected chi connectivity index (χ2v) is 6.52. The van der Waals surface area contributed by atoms with Crippen molar-refractivity contribution in [3.8, 4) is 0 Å². The number of carbonyl (C=O) groups excluding carboxylic acids is 3. The van der Waals surface area contributed by atoms with Crippen molar-refractivity contribution in [2.45, 2.75) is 19.8 Å². The maximum atomic E-state index is 12.6. The molecule has 1 fully saturated rings. The summed E-state index contributed by atoms with van der Waals surface area (Å²) in [6.45, 7) is 1.71. The number of hydrazone groups is 1. The van der Waals surface area contributed by atoms with Gasteiger partial charge in [-0.15, -0.1) is 0 Å². The van der Waals surface area contributed by atoms with Crippen LogP contribution in [0.4, 0.5) is 10.5 Å². The number of allylic oxidation sites excluding steroid dienone is 2. The first-order chi connectivity index (χ1) is 11.9. The Kier molecular flexibility index (Phi) is 4.59. The second-order valence-electron chi connectivity index (χ2n) is 6.04. The van der Waals surface area contributed by atoms with Crippen LogP contribution >= 0.6 is 11.6 Å². The van der Waals surface area contributed by atoms with Gasteiger partial charge in [-0.1, -0.05) is 29.8 Å². The van der Waals surface area contributed by atoms with Gasteiger partial charge < -0.3 is 5.73 Å². The standard InChI is InChI=1S/C17H17ClN4O3/c1-9(20-21-17(19)25)10-2-5-12(6-3-10)22-15(23)13-7-4-11(18)8-14(13)16(22)24/h2-6,13-14H,7-8H2,1H3,(H3,19,21,25). The predicted octanol–water partition coefficient (Wildman–Crippen LogP) is 2.10. The number of hydrogen-bond acceptors (Lipinski definition) is 4. The van der Waals surface area contributed by atoms with Gasteiger partial charge in [-0.2, -0.15) is 5.10 Å². The molecule has 8 heteroatoms. The summed E-state index contributed by atoms with van der Waals surface area (Å²) in [5, 5.41) is 4.47. The topological polar surface area (TPSA) is 105 Å². The molecule has 3 N–H and O–H groups in total. The molecule has 1 heterocycles. The number of hydrogen-bond donors (Lipinski definition) is 2. The van der Waals surface area contributed by atoms with Crippen molar-refractivity contribution in [3.05, 3.63) is 40.9 Å². The van der Waals surface area contributed by atoms with Crippen molar-refractivity contribution in [2.75, 3.05) is 4.90 Å². The molecule has 4 amide bonds. The highest BCUT2D eigenvalue weighted by atomic mass is 35.5. The SMILES string of the molecule is CC(=NNC(N)=O)c1ccc(N2C(=O)C3CC=C(Cl)CC3C2=O)cc1. The molecule has 25 heavy (non-hydrogen) atoms. The number of benzene rings is 1. The normalized spacial score (nSPS) is 23.4. The Morgan fingerprint density at radius 3 is 2.52 bits per heavy atom. The van der Waals surface area contributed by atoms with Gasteiger partial charge in [-0.25, -0.2) is 10.2 Å². The summed E-state index contributed by atoms with van der Waals surface area (Å²) in [5.41, 5.74) is 8.93. The number of nitrogens with one attached hydrogen (secondary N) is 1. The molecule has 0 aromatic heterocycles. The van der Waals surface area contributed by atoms with Crippen LogP contribution in [0.3, 0.4) is 0 Å². The third kappa shape index (κ3) is 3.28. The van der Waals surface area contributed by atoms with Crippen LogP contribution in [0.5, 0.6) is 0 Å². The summed E-state index contributed by atoms with van der Waals surface area (Å²) >= 11 is 6.02. The monoisotopic (exact) mass is 360 g/mol. The van der Waals surface area contributed by atoms with Crippen LogP contribution in [0.15, 0.2) is 40.5 Å². The minimum Gasteiger partial charge on any atom is -0.350 e. The molecule has 1 aliphatic heterocycles. The average Bonchev–Trinajstić information content (AvgIpc) is 2.83. The number of carbonyl (C=O) groups is 3. The molecule has 0 radical (unpaired) electrons. The molecule has 2 unspecified atom stereocenters. The van der Waals surface area contributed by atoms with Crippen molar-refractivity contribution in [3.63, 3.8) is 0 Å². The van der Waals surface area contributed by atoms with E-state index in [1.807, 2.05) is 6.08 Å². The number of nitrogens with two attached hydrogens (primary N) is 1. The lowest BCUT2D eigenvalue weighted by atomic mass is 9.85. The summed E-state index contributed by atoms with van der Waals surface area (Å²) in [4.78, 5) is 37.2. The van der Waals surface area contributed by atoms with E-state index >= 15 is 0 Å². The molecule has 0 bridgehead atoms. The molecule has 1 saturated heterocycles. The van der Waals surface area contributed by atoms with Crippen molar-refractivity contribution < 1.29 is 14.4 Å². The lowest BCUT2D eigenvalue weighted by Crippen LogP contribution is -2.30. The Bertz CT molecular complexity index is 801. The fraction of sp³-hybridized carbons (Fsp3) is 0.294. The van der Waals surface area contributed by atoms with Gasteiger partial charge in [-0.05, 0) is 37.5 Å². The highest BCUT2D eigenvalue weighted by Crippen LogP contribution is 2.40. The van der Waals surface area contributed by atoms with Crippen LogP contribution in [0.25, 0.3) is 0 Å². The molecule has 1 aromatic carbocycles. The van der Waals surface area contributed by atoms with Gasteiger partial charge in [0.15, 0.2) is 0 Å². The fourth-order valence-electron chi connectivity index (χ4n) is 3.14. The van der Waals surface area contributed by atoms with Gasteiger partial charge in [-0.3, -0.25) is 14.5 Å². The maximum Gasteiger partial charge on any atom is 0.332 e. The zero-order chi connectivity index (χ0) is 18.1. The third-order valence-electron chi connectivity index (χ3n) is 4.45. The Morgan fingerprint density at radius 1 is 1.24 bits per heavy atom. The van der Waals surface area contributed by atoms with E-state index in [0.29, 0.717) is 29.3 Å². The van der Waals surface area contributed by atoms with Crippen LogP contribution in [0, 0.1) is 11.8 Å². The van der Waals surface area contributed by atoms with E-state index < -0.39 is 6.03 Å². The second kappa shape index (κ2) is 6.68. The maximum absolute atomic E-state index is 12.6. The summed E-state index contributed by atoms with van der Waals surface area (Å²) in [6, 6.07) is 6.07. The number of urea groups is 1. The molecule has 0 spiro atoms. The molecule has 0 saturated carbocycles. The first-order valence-corrected chi connectivity index (χ1v) is 8.19. The highest BCUT2D eigenvalue weighted by molar-refractivity contribution is 6.30. The number of rotatable bonds is 3. The van der Waals surface area contributed by atoms with E-state index in [1.165, 1.54) is 4.90 Å². The number of halogens is 1. The van der Waals surface area contributed by atoms with Gasteiger partial charge in [0.1, 0.15) is 0 Å². The number of amides is 4. The molecular weight excluding hydrogens is 344 g/mol.